The minimum absolute atomic E-state index is 0.179. The van der Waals surface area contributed by atoms with Crippen molar-refractivity contribution in [3.63, 3.8) is 0 Å². The summed E-state index contributed by atoms with van der Waals surface area (Å²) in [6.45, 7) is 8.54. The Morgan fingerprint density at radius 2 is 2.32 bits per heavy atom. The van der Waals surface area contributed by atoms with Crippen molar-refractivity contribution in [1.29, 1.82) is 0 Å². The van der Waals surface area contributed by atoms with E-state index in [1.54, 1.807) is 6.33 Å². The van der Waals surface area contributed by atoms with Gasteiger partial charge in [-0.3, -0.25) is 9.69 Å². The first kappa shape index (κ1) is 14.1. The molecule has 106 valence electrons. The molecule has 2 heterocycles. The molecule has 1 fully saturated rings. The van der Waals surface area contributed by atoms with Crippen molar-refractivity contribution >= 4 is 5.97 Å². The number of nitrogens with zero attached hydrogens (tertiary/aromatic N) is 3. The fourth-order valence-electron chi connectivity index (χ4n) is 3.13. The van der Waals surface area contributed by atoms with Crippen LogP contribution in [-0.4, -0.2) is 38.1 Å². The predicted octanol–water partition coefficient (Wildman–Crippen LogP) is 1.98. The quantitative estimate of drug-likeness (QED) is 0.904. The molecule has 0 aromatic carbocycles. The Bertz CT molecular complexity index is 453. The van der Waals surface area contributed by atoms with Crippen molar-refractivity contribution in [1.82, 2.24) is 14.5 Å². The van der Waals surface area contributed by atoms with Gasteiger partial charge in [0.2, 0.25) is 0 Å². The second kappa shape index (κ2) is 5.33. The normalized spacial score (nSPS) is 23.4. The largest absolute Gasteiger partial charge is 0.480 e. The van der Waals surface area contributed by atoms with E-state index < -0.39 is 12.0 Å². The molecular formula is C14H23N3O2. The van der Waals surface area contributed by atoms with Gasteiger partial charge in [-0.1, -0.05) is 13.8 Å². The van der Waals surface area contributed by atoms with E-state index in [1.807, 2.05) is 6.20 Å². The molecule has 2 rings (SSSR count). The van der Waals surface area contributed by atoms with Crippen LogP contribution in [0.5, 0.6) is 0 Å². The zero-order valence-electron chi connectivity index (χ0n) is 12.0. The van der Waals surface area contributed by atoms with Crippen LogP contribution in [0.15, 0.2) is 12.5 Å². The Morgan fingerprint density at radius 1 is 1.58 bits per heavy atom. The lowest BCUT2D eigenvalue weighted by Gasteiger charge is -2.44. The molecule has 1 aromatic rings. The summed E-state index contributed by atoms with van der Waals surface area (Å²) in [6, 6.07) is -0.415. The van der Waals surface area contributed by atoms with Crippen LogP contribution in [0.1, 0.15) is 39.3 Å². The van der Waals surface area contributed by atoms with Crippen LogP contribution in [0, 0.1) is 5.41 Å². The number of carbonyl (C=O) groups is 1. The summed E-state index contributed by atoms with van der Waals surface area (Å²) < 4.78 is 2.07. The number of likely N-dealkylation sites (tertiary alicyclic amines) is 1. The first-order valence-electron chi connectivity index (χ1n) is 6.91. The molecule has 0 amide bonds. The van der Waals surface area contributed by atoms with E-state index in [2.05, 4.69) is 35.2 Å². The maximum atomic E-state index is 11.6. The van der Waals surface area contributed by atoms with Crippen LogP contribution in [0.4, 0.5) is 0 Å². The molecule has 1 N–H and O–H groups in total. The lowest BCUT2D eigenvalue weighted by Crippen LogP contribution is -2.53. The van der Waals surface area contributed by atoms with Gasteiger partial charge in [-0.05, 0) is 31.7 Å². The average Bonchev–Trinajstić information content (AvgIpc) is 2.74. The van der Waals surface area contributed by atoms with E-state index in [9.17, 15) is 9.90 Å². The Morgan fingerprint density at radius 3 is 2.95 bits per heavy atom. The number of imidazole rings is 1. The molecule has 1 saturated heterocycles. The van der Waals surface area contributed by atoms with Gasteiger partial charge < -0.3 is 9.67 Å². The van der Waals surface area contributed by atoms with Crippen molar-refractivity contribution in [2.75, 3.05) is 6.54 Å². The summed E-state index contributed by atoms with van der Waals surface area (Å²) in [4.78, 5) is 17.8. The minimum atomic E-state index is -0.715. The molecule has 0 saturated carbocycles. The summed E-state index contributed by atoms with van der Waals surface area (Å²) in [6.07, 6.45) is 5.66. The molecule has 1 aliphatic heterocycles. The molecule has 1 unspecified atom stereocenters. The fraction of sp³-hybridized carbons (Fsp3) is 0.714. The van der Waals surface area contributed by atoms with Crippen molar-refractivity contribution in [3.8, 4) is 0 Å². The van der Waals surface area contributed by atoms with Gasteiger partial charge in [0.05, 0.1) is 12.0 Å². The van der Waals surface area contributed by atoms with E-state index in [4.69, 9.17) is 0 Å². The van der Waals surface area contributed by atoms with Crippen LogP contribution < -0.4 is 0 Å². The van der Waals surface area contributed by atoms with E-state index in [0.29, 0.717) is 6.54 Å². The van der Waals surface area contributed by atoms with E-state index in [-0.39, 0.29) is 5.41 Å². The number of hydrogen-bond donors (Lipinski definition) is 1. The zero-order valence-corrected chi connectivity index (χ0v) is 12.0. The lowest BCUT2D eigenvalue weighted by molar-refractivity contribution is -0.151. The third-order valence-electron chi connectivity index (χ3n) is 4.11. The predicted molar refractivity (Wildman–Crippen MR) is 72.7 cm³/mol. The van der Waals surface area contributed by atoms with Crippen molar-refractivity contribution in [3.05, 3.63) is 18.2 Å². The van der Waals surface area contributed by atoms with Crippen LogP contribution >= 0.6 is 0 Å². The van der Waals surface area contributed by atoms with Crippen LogP contribution in [0.2, 0.25) is 0 Å². The van der Waals surface area contributed by atoms with Gasteiger partial charge in [-0.2, -0.15) is 0 Å². The van der Waals surface area contributed by atoms with Crippen molar-refractivity contribution < 1.29 is 9.90 Å². The maximum absolute atomic E-state index is 11.6. The van der Waals surface area contributed by atoms with E-state index in [1.165, 1.54) is 0 Å². The van der Waals surface area contributed by atoms with Gasteiger partial charge >= 0.3 is 5.97 Å². The number of rotatable bonds is 4. The second-order valence-corrected chi connectivity index (χ2v) is 5.97. The third-order valence-corrected chi connectivity index (χ3v) is 4.11. The highest BCUT2D eigenvalue weighted by Gasteiger charge is 2.42. The molecule has 0 bridgehead atoms. The van der Waals surface area contributed by atoms with Gasteiger partial charge in [-0.25, -0.2) is 4.98 Å². The highest BCUT2D eigenvalue weighted by atomic mass is 16.4. The zero-order chi connectivity index (χ0) is 14.0. The SMILES string of the molecule is CCn1cncc1CN1CCCC(C)(C)C1C(=O)O. The van der Waals surface area contributed by atoms with Gasteiger partial charge in [0.15, 0.2) is 0 Å². The van der Waals surface area contributed by atoms with Crippen molar-refractivity contribution in [2.45, 2.75) is 52.7 Å². The molecule has 0 aliphatic carbocycles. The fourth-order valence-corrected chi connectivity index (χ4v) is 3.13. The van der Waals surface area contributed by atoms with Crippen LogP contribution in [0.3, 0.4) is 0 Å². The highest BCUT2D eigenvalue weighted by Crippen LogP contribution is 2.36. The Labute approximate surface area is 114 Å². The topological polar surface area (TPSA) is 58.4 Å². The summed E-state index contributed by atoms with van der Waals surface area (Å²) in [5.74, 6) is -0.715. The average molecular weight is 265 g/mol. The van der Waals surface area contributed by atoms with Gasteiger partial charge in [-0.15, -0.1) is 0 Å². The second-order valence-electron chi connectivity index (χ2n) is 5.97. The van der Waals surface area contributed by atoms with Crippen LogP contribution in [-0.2, 0) is 17.9 Å². The van der Waals surface area contributed by atoms with Gasteiger partial charge in [0.25, 0.3) is 0 Å². The summed E-state index contributed by atoms with van der Waals surface area (Å²) in [7, 11) is 0. The smallest absolute Gasteiger partial charge is 0.321 e. The first-order valence-corrected chi connectivity index (χ1v) is 6.91. The molecule has 1 aliphatic rings. The standard InChI is InChI=1S/C14H23N3O2/c1-4-16-10-15-8-11(16)9-17-7-5-6-14(2,3)12(17)13(18)19/h8,10,12H,4-7,9H2,1-3H3,(H,18,19). The first-order chi connectivity index (χ1) is 8.95. The Hall–Kier alpha value is -1.36. The maximum Gasteiger partial charge on any atom is 0.321 e. The molecule has 5 heteroatoms. The third kappa shape index (κ3) is 2.81. The number of piperidine rings is 1. The summed E-state index contributed by atoms with van der Waals surface area (Å²) in [5.41, 5.74) is 0.910. The molecule has 5 nitrogen and oxygen atoms in total. The van der Waals surface area contributed by atoms with E-state index in [0.717, 1.165) is 31.6 Å². The summed E-state index contributed by atoms with van der Waals surface area (Å²) >= 11 is 0. The number of hydrogen-bond acceptors (Lipinski definition) is 3. The summed E-state index contributed by atoms with van der Waals surface area (Å²) in [5, 5.41) is 9.54. The number of carboxylic acid groups (broad SMARTS) is 1. The minimum Gasteiger partial charge on any atom is -0.480 e. The molecule has 0 radical (unpaired) electrons. The number of aryl methyl sites for hydroxylation is 1. The molecular weight excluding hydrogens is 242 g/mol. The molecule has 1 atom stereocenters. The lowest BCUT2D eigenvalue weighted by atomic mass is 9.76. The molecule has 0 spiro atoms. The monoisotopic (exact) mass is 265 g/mol. The van der Waals surface area contributed by atoms with Gasteiger partial charge in [0.1, 0.15) is 6.04 Å². The number of aromatic nitrogens is 2. The van der Waals surface area contributed by atoms with Crippen LogP contribution in [0.25, 0.3) is 0 Å². The molecule has 1 aromatic heterocycles. The molecule has 19 heavy (non-hydrogen) atoms. The van der Waals surface area contributed by atoms with Gasteiger partial charge in [0, 0.05) is 19.3 Å². The Balaban J connectivity index is 2.20. The van der Waals surface area contributed by atoms with Crippen molar-refractivity contribution in [2.24, 2.45) is 5.41 Å². The highest BCUT2D eigenvalue weighted by molar-refractivity contribution is 5.74. The number of carboxylic acids is 1. The Kier molecular flexibility index (Phi) is 3.94. The number of aliphatic carboxylic acids is 1. The van der Waals surface area contributed by atoms with E-state index >= 15 is 0 Å².